The van der Waals surface area contributed by atoms with E-state index in [2.05, 4.69) is 10.3 Å². The molecule has 2 aromatic carbocycles. The van der Waals surface area contributed by atoms with Crippen LogP contribution in [0.5, 0.6) is 5.75 Å². The first-order valence-electron chi connectivity index (χ1n) is 11.8. The second kappa shape index (κ2) is 9.46. The Labute approximate surface area is 198 Å². The number of para-hydroxylation sites is 2. The summed E-state index contributed by atoms with van der Waals surface area (Å²) in [4.78, 5) is 31.9. The van der Waals surface area contributed by atoms with E-state index in [9.17, 15) is 9.59 Å². The molecule has 34 heavy (non-hydrogen) atoms. The van der Waals surface area contributed by atoms with Crippen LogP contribution in [-0.2, 0) is 9.53 Å². The van der Waals surface area contributed by atoms with Crippen LogP contribution in [0, 0.1) is 0 Å². The predicted octanol–water partition coefficient (Wildman–Crippen LogP) is 3.79. The quantitative estimate of drug-likeness (QED) is 0.598. The van der Waals surface area contributed by atoms with Crippen LogP contribution in [0.25, 0.3) is 22.6 Å². The maximum absolute atomic E-state index is 13.3. The first-order valence-corrected chi connectivity index (χ1v) is 11.8. The van der Waals surface area contributed by atoms with Crippen LogP contribution in [0.3, 0.4) is 0 Å². The average Bonchev–Trinajstić information content (AvgIpc) is 3.63. The van der Waals surface area contributed by atoms with Crippen LogP contribution in [0.2, 0.25) is 0 Å². The minimum atomic E-state index is -0.328. The number of rotatable bonds is 6. The number of ether oxygens (including phenoxy) is 2. The number of carbonyl (C=O) groups is 2. The fourth-order valence-electron chi connectivity index (χ4n) is 4.88. The van der Waals surface area contributed by atoms with Gasteiger partial charge in [0, 0.05) is 31.3 Å². The number of hydrogen-bond acceptors (Lipinski definition) is 6. The van der Waals surface area contributed by atoms with E-state index in [0.29, 0.717) is 35.0 Å². The molecule has 1 aromatic heterocycles. The molecule has 0 spiro atoms. The summed E-state index contributed by atoms with van der Waals surface area (Å²) in [5, 5.41) is 3.10. The molecule has 1 N–H and O–H groups in total. The molecule has 1 saturated heterocycles. The van der Waals surface area contributed by atoms with E-state index in [4.69, 9.17) is 13.9 Å². The highest BCUT2D eigenvalue weighted by Gasteiger charge is 2.33. The Kier molecular flexibility index (Phi) is 6.24. The van der Waals surface area contributed by atoms with Gasteiger partial charge < -0.3 is 24.1 Å². The van der Waals surface area contributed by atoms with Gasteiger partial charge in [-0.3, -0.25) is 9.59 Å². The summed E-state index contributed by atoms with van der Waals surface area (Å²) < 4.78 is 16.9. The van der Waals surface area contributed by atoms with Gasteiger partial charge in [0.25, 0.3) is 5.91 Å². The lowest BCUT2D eigenvalue weighted by Gasteiger charge is -2.25. The molecular formula is C26H29N3O5. The predicted molar refractivity (Wildman–Crippen MR) is 127 cm³/mol. The van der Waals surface area contributed by atoms with Gasteiger partial charge >= 0.3 is 0 Å². The van der Waals surface area contributed by atoms with Crippen molar-refractivity contribution in [2.45, 2.75) is 50.3 Å². The van der Waals surface area contributed by atoms with Gasteiger partial charge in [0.15, 0.2) is 5.58 Å². The lowest BCUT2D eigenvalue weighted by molar-refractivity contribution is -0.130. The average molecular weight is 464 g/mol. The molecule has 178 valence electrons. The molecule has 8 heteroatoms. The fraction of sp³-hybridized carbons (Fsp3) is 0.423. The van der Waals surface area contributed by atoms with Crippen molar-refractivity contribution in [1.82, 2.24) is 15.2 Å². The number of hydrogen-bond donors (Lipinski definition) is 1. The maximum Gasteiger partial charge on any atom is 0.253 e. The zero-order valence-corrected chi connectivity index (χ0v) is 19.5. The van der Waals surface area contributed by atoms with Gasteiger partial charge in [0.05, 0.1) is 12.7 Å². The van der Waals surface area contributed by atoms with E-state index in [1.54, 1.807) is 24.1 Å². The van der Waals surface area contributed by atoms with Crippen molar-refractivity contribution in [2.75, 3.05) is 20.8 Å². The van der Waals surface area contributed by atoms with E-state index >= 15 is 0 Å². The topological polar surface area (TPSA) is 93.9 Å². The molecule has 2 fully saturated rings. The number of oxazole rings is 1. The second-order valence-electron chi connectivity index (χ2n) is 8.99. The molecule has 2 heterocycles. The summed E-state index contributed by atoms with van der Waals surface area (Å²) in [5.74, 6) is 0.861. The Morgan fingerprint density at radius 1 is 1.15 bits per heavy atom. The van der Waals surface area contributed by atoms with Crippen LogP contribution in [0.1, 0.15) is 42.5 Å². The molecule has 0 radical (unpaired) electrons. The van der Waals surface area contributed by atoms with Gasteiger partial charge in [-0.1, -0.05) is 12.1 Å². The highest BCUT2D eigenvalue weighted by Crippen LogP contribution is 2.33. The summed E-state index contributed by atoms with van der Waals surface area (Å²) >= 11 is 0. The Balaban J connectivity index is 1.27. The van der Waals surface area contributed by atoms with Gasteiger partial charge in [-0.15, -0.1) is 0 Å². The standard InChI is InChI=1S/C26H29N3O5/c1-29(18-11-10-17(15-18)27-24(30)22-8-5-13-33-22)26(31)16-9-12-19(23(14-16)32-2)25-28-20-6-3-4-7-21(20)34-25/h3-4,6-7,9,12,14,17-18,22H,5,8,10-11,13,15H2,1-2H3,(H,27,30)/t17-,18+,22-/m0/s1. The minimum absolute atomic E-state index is 0.0309. The molecule has 1 saturated carbocycles. The van der Waals surface area contributed by atoms with Crippen LogP contribution in [0.4, 0.5) is 0 Å². The third-order valence-corrected chi connectivity index (χ3v) is 6.81. The summed E-state index contributed by atoms with van der Waals surface area (Å²) in [5.41, 5.74) is 2.69. The Bertz CT molecular complexity index is 1170. The van der Waals surface area contributed by atoms with Gasteiger partial charge in [0.2, 0.25) is 11.8 Å². The van der Waals surface area contributed by atoms with Crippen molar-refractivity contribution in [2.24, 2.45) is 0 Å². The zero-order valence-electron chi connectivity index (χ0n) is 19.5. The molecule has 8 nitrogen and oxygen atoms in total. The van der Waals surface area contributed by atoms with Crippen molar-refractivity contribution in [3.05, 3.63) is 48.0 Å². The van der Waals surface area contributed by atoms with Crippen LogP contribution in [-0.4, -0.2) is 60.7 Å². The summed E-state index contributed by atoms with van der Waals surface area (Å²) in [6, 6.07) is 13.0. The number of methoxy groups -OCH3 is 1. The van der Waals surface area contributed by atoms with Gasteiger partial charge in [-0.05, 0) is 62.4 Å². The number of nitrogens with one attached hydrogen (secondary N) is 1. The van der Waals surface area contributed by atoms with Crippen molar-refractivity contribution in [3.8, 4) is 17.2 Å². The summed E-state index contributed by atoms with van der Waals surface area (Å²) in [7, 11) is 3.39. The molecular weight excluding hydrogens is 434 g/mol. The highest BCUT2D eigenvalue weighted by molar-refractivity contribution is 5.95. The monoisotopic (exact) mass is 463 g/mol. The number of carbonyl (C=O) groups excluding carboxylic acids is 2. The smallest absolute Gasteiger partial charge is 0.253 e. The normalized spacial score (nSPS) is 22.1. The minimum Gasteiger partial charge on any atom is -0.496 e. The van der Waals surface area contributed by atoms with Crippen molar-refractivity contribution in [1.29, 1.82) is 0 Å². The summed E-state index contributed by atoms with van der Waals surface area (Å²) in [6.07, 6.45) is 3.81. The van der Waals surface area contributed by atoms with E-state index in [0.717, 1.165) is 37.6 Å². The molecule has 5 rings (SSSR count). The summed E-state index contributed by atoms with van der Waals surface area (Å²) in [6.45, 7) is 0.650. The Hall–Kier alpha value is -3.39. The number of aromatic nitrogens is 1. The van der Waals surface area contributed by atoms with Gasteiger partial charge in [-0.2, -0.15) is 0 Å². The number of benzene rings is 2. The molecule has 1 aliphatic heterocycles. The first kappa shape index (κ1) is 22.4. The fourth-order valence-corrected chi connectivity index (χ4v) is 4.88. The van der Waals surface area contributed by atoms with Gasteiger partial charge in [0.1, 0.15) is 17.4 Å². The number of nitrogens with zero attached hydrogens (tertiary/aromatic N) is 2. The Morgan fingerprint density at radius 2 is 2.00 bits per heavy atom. The zero-order chi connectivity index (χ0) is 23.7. The van der Waals surface area contributed by atoms with Crippen LogP contribution >= 0.6 is 0 Å². The number of fused-ring (bicyclic) bond motifs is 1. The first-order chi connectivity index (χ1) is 16.5. The lowest BCUT2D eigenvalue weighted by atomic mass is 10.1. The van der Waals surface area contributed by atoms with E-state index in [1.165, 1.54) is 0 Å². The highest BCUT2D eigenvalue weighted by atomic mass is 16.5. The number of amides is 2. The molecule has 3 atom stereocenters. The van der Waals surface area contributed by atoms with Crippen molar-refractivity contribution < 1.29 is 23.5 Å². The molecule has 2 aliphatic rings. The van der Waals surface area contributed by atoms with E-state index in [1.807, 2.05) is 37.4 Å². The third-order valence-electron chi connectivity index (χ3n) is 6.81. The largest absolute Gasteiger partial charge is 0.496 e. The lowest BCUT2D eigenvalue weighted by Crippen LogP contribution is -2.41. The SMILES string of the molecule is COc1cc(C(=O)N(C)[C@@H]2CC[C@H](NC(=O)[C@@H]3CCCO3)C2)ccc1-c1nc2ccccc2o1. The molecule has 3 aromatic rings. The van der Waals surface area contributed by atoms with Crippen LogP contribution < -0.4 is 10.1 Å². The van der Waals surface area contributed by atoms with Crippen molar-refractivity contribution in [3.63, 3.8) is 0 Å². The second-order valence-corrected chi connectivity index (χ2v) is 8.99. The van der Waals surface area contributed by atoms with E-state index < -0.39 is 0 Å². The van der Waals surface area contributed by atoms with E-state index in [-0.39, 0.29) is 30.0 Å². The van der Waals surface area contributed by atoms with Crippen molar-refractivity contribution >= 4 is 22.9 Å². The Morgan fingerprint density at radius 3 is 2.76 bits per heavy atom. The van der Waals surface area contributed by atoms with Crippen LogP contribution in [0.15, 0.2) is 46.9 Å². The molecule has 2 amide bonds. The maximum atomic E-state index is 13.3. The third kappa shape index (κ3) is 4.37. The molecule has 0 unspecified atom stereocenters. The molecule has 0 bridgehead atoms. The molecule has 1 aliphatic carbocycles. The van der Waals surface area contributed by atoms with Gasteiger partial charge in [-0.25, -0.2) is 4.98 Å².